The number of rotatable bonds is 2. The fraction of sp³-hybridized carbons (Fsp3) is 0.400. The normalized spacial score (nSPS) is 28.4. The van der Waals surface area contributed by atoms with E-state index in [1.807, 2.05) is 6.07 Å². The molecule has 0 amide bonds. The largest absolute Gasteiger partial charge is 0.380 e. The molecule has 1 aromatic carbocycles. The van der Waals surface area contributed by atoms with Crippen molar-refractivity contribution in [3.05, 3.63) is 35.8 Å². The maximum Gasteiger partial charge on any atom is 0.175 e. The molecule has 2 aliphatic rings. The van der Waals surface area contributed by atoms with E-state index in [0.717, 1.165) is 28.7 Å². The van der Waals surface area contributed by atoms with Crippen LogP contribution in [-0.2, 0) is 0 Å². The molecule has 4 heteroatoms. The second-order valence-electron chi connectivity index (χ2n) is 5.60. The SMILES string of the molecule is Nc1noc(C2C3CCCC32)c1-c1cccc(F)c1. The van der Waals surface area contributed by atoms with Crippen LogP contribution >= 0.6 is 0 Å². The summed E-state index contributed by atoms with van der Waals surface area (Å²) >= 11 is 0. The first-order chi connectivity index (χ1) is 9.25. The molecule has 3 nitrogen and oxygen atoms in total. The first-order valence-corrected chi connectivity index (χ1v) is 6.76. The first kappa shape index (κ1) is 11.0. The molecule has 2 atom stereocenters. The molecule has 98 valence electrons. The first-order valence-electron chi connectivity index (χ1n) is 6.76. The van der Waals surface area contributed by atoms with Crippen LogP contribution in [0.1, 0.15) is 30.9 Å². The molecule has 4 rings (SSSR count). The van der Waals surface area contributed by atoms with E-state index in [2.05, 4.69) is 5.16 Å². The molecule has 2 fully saturated rings. The van der Waals surface area contributed by atoms with E-state index in [1.165, 1.54) is 31.4 Å². The van der Waals surface area contributed by atoms with Crippen LogP contribution in [0.5, 0.6) is 0 Å². The van der Waals surface area contributed by atoms with E-state index in [-0.39, 0.29) is 5.82 Å². The Morgan fingerprint density at radius 2 is 2.05 bits per heavy atom. The lowest BCUT2D eigenvalue weighted by Gasteiger charge is -2.04. The van der Waals surface area contributed by atoms with E-state index in [4.69, 9.17) is 10.3 Å². The predicted molar refractivity (Wildman–Crippen MR) is 69.9 cm³/mol. The smallest absolute Gasteiger partial charge is 0.175 e. The van der Waals surface area contributed by atoms with Crippen molar-refractivity contribution in [3.63, 3.8) is 0 Å². The highest BCUT2D eigenvalue weighted by molar-refractivity contribution is 5.76. The maximum absolute atomic E-state index is 13.4. The number of hydrogen-bond acceptors (Lipinski definition) is 3. The maximum atomic E-state index is 13.4. The summed E-state index contributed by atoms with van der Waals surface area (Å²) < 4.78 is 18.8. The Balaban J connectivity index is 1.78. The minimum absolute atomic E-state index is 0.264. The second-order valence-corrected chi connectivity index (χ2v) is 5.60. The highest BCUT2D eigenvalue weighted by atomic mass is 19.1. The summed E-state index contributed by atoms with van der Waals surface area (Å²) in [6, 6.07) is 6.46. The van der Waals surface area contributed by atoms with E-state index < -0.39 is 0 Å². The van der Waals surface area contributed by atoms with E-state index in [9.17, 15) is 4.39 Å². The Labute approximate surface area is 110 Å². The van der Waals surface area contributed by atoms with E-state index in [0.29, 0.717) is 11.7 Å². The Hall–Kier alpha value is -1.84. The molecular formula is C15H15FN2O. The molecule has 0 spiro atoms. The van der Waals surface area contributed by atoms with E-state index in [1.54, 1.807) is 6.07 Å². The van der Waals surface area contributed by atoms with Crippen LogP contribution in [0.15, 0.2) is 28.8 Å². The van der Waals surface area contributed by atoms with Gasteiger partial charge in [0.25, 0.3) is 0 Å². The van der Waals surface area contributed by atoms with Crippen molar-refractivity contribution in [2.75, 3.05) is 5.73 Å². The van der Waals surface area contributed by atoms with Crippen LogP contribution in [0.4, 0.5) is 10.2 Å². The summed E-state index contributed by atoms with van der Waals surface area (Å²) in [6.45, 7) is 0. The van der Waals surface area contributed by atoms with Crippen LogP contribution in [0, 0.1) is 17.7 Å². The number of benzene rings is 1. The van der Waals surface area contributed by atoms with Gasteiger partial charge >= 0.3 is 0 Å². The van der Waals surface area contributed by atoms with Crippen molar-refractivity contribution in [1.82, 2.24) is 5.16 Å². The number of halogens is 1. The van der Waals surface area contributed by atoms with Gasteiger partial charge in [0.1, 0.15) is 11.6 Å². The van der Waals surface area contributed by atoms with Crippen molar-refractivity contribution in [3.8, 4) is 11.1 Å². The number of nitrogens with zero attached hydrogens (tertiary/aromatic N) is 1. The average Bonchev–Trinajstić information content (AvgIpc) is 2.78. The van der Waals surface area contributed by atoms with Crippen molar-refractivity contribution < 1.29 is 8.91 Å². The number of aromatic nitrogens is 1. The number of hydrogen-bond donors (Lipinski definition) is 1. The topological polar surface area (TPSA) is 52.0 Å². The Morgan fingerprint density at radius 3 is 2.79 bits per heavy atom. The lowest BCUT2D eigenvalue weighted by Crippen LogP contribution is -1.92. The predicted octanol–water partition coefficient (Wildman–Crippen LogP) is 3.58. The summed E-state index contributed by atoms with van der Waals surface area (Å²) in [5, 5.41) is 3.89. The van der Waals surface area contributed by atoms with Gasteiger partial charge in [0.2, 0.25) is 0 Å². The van der Waals surface area contributed by atoms with Crippen LogP contribution in [0.2, 0.25) is 0 Å². The Kier molecular flexibility index (Phi) is 2.22. The second kappa shape index (κ2) is 3.83. The van der Waals surface area contributed by atoms with Crippen LogP contribution in [-0.4, -0.2) is 5.16 Å². The minimum atomic E-state index is -0.264. The lowest BCUT2D eigenvalue weighted by atomic mass is 10.0. The van der Waals surface area contributed by atoms with Crippen LogP contribution in [0.25, 0.3) is 11.1 Å². The van der Waals surface area contributed by atoms with Gasteiger partial charge in [-0.25, -0.2) is 4.39 Å². The molecular weight excluding hydrogens is 243 g/mol. The van der Waals surface area contributed by atoms with Crippen LogP contribution < -0.4 is 5.73 Å². The van der Waals surface area contributed by atoms with Gasteiger partial charge in [0, 0.05) is 5.92 Å². The summed E-state index contributed by atoms with van der Waals surface area (Å²) in [5.74, 6) is 2.85. The molecule has 2 saturated carbocycles. The zero-order valence-electron chi connectivity index (χ0n) is 10.5. The molecule has 0 bridgehead atoms. The minimum Gasteiger partial charge on any atom is -0.380 e. The summed E-state index contributed by atoms with van der Waals surface area (Å²) in [5.41, 5.74) is 7.47. The molecule has 0 radical (unpaired) electrons. The van der Waals surface area contributed by atoms with Gasteiger partial charge in [-0.05, 0) is 42.4 Å². The molecule has 2 unspecified atom stereocenters. The molecule has 1 heterocycles. The molecule has 19 heavy (non-hydrogen) atoms. The molecule has 2 N–H and O–H groups in total. The number of nitrogens with two attached hydrogens (primary N) is 1. The highest BCUT2D eigenvalue weighted by Crippen LogP contribution is 2.64. The number of anilines is 1. The quantitative estimate of drug-likeness (QED) is 0.895. The number of fused-ring (bicyclic) bond motifs is 1. The van der Waals surface area contributed by atoms with Crippen molar-refractivity contribution >= 4 is 5.82 Å². The van der Waals surface area contributed by atoms with Crippen molar-refractivity contribution in [1.29, 1.82) is 0 Å². The van der Waals surface area contributed by atoms with Gasteiger partial charge in [-0.15, -0.1) is 0 Å². The lowest BCUT2D eigenvalue weighted by molar-refractivity contribution is 0.376. The average molecular weight is 258 g/mol. The third-order valence-electron chi connectivity index (χ3n) is 4.57. The molecule has 2 aliphatic carbocycles. The molecule has 2 aromatic rings. The van der Waals surface area contributed by atoms with Gasteiger partial charge < -0.3 is 10.3 Å². The fourth-order valence-corrected chi connectivity index (χ4v) is 3.69. The van der Waals surface area contributed by atoms with Gasteiger partial charge in [0.15, 0.2) is 5.82 Å². The van der Waals surface area contributed by atoms with Crippen LogP contribution in [0.3, 0.4) is 0 Å². The van der Waals surface area contributed by atoms with Gasteiger partial charge in [0.05, 0.1) is 5.56 Å². The third kappa shape index (κ3) is 1.59. The highest BCUT2D eigenvalue weighted by Gasteiger charge is 2.56. The monoisotopic (exact) mass is 258 g/mol. The Morgan fingerprint density at radius 1 is 1.26 bits per heavy atom. The zero-order chi connectivity index (χ0) is 13.0. The zero-order valence-corrected chi connectivity index (χ0v) is 10.5. The van der Waals surface area contributed by atoms with Gasteiger partial charge in [-0.3, -0.25) is 0 Å². The standard InChI is InChI=1S/C15H15FN2O/c16-9-4-1-3-8(7-9)12-14(19-18-15(12)17)13-10-5-2-6-11(10)13/h1,3-4,7,10-11,13H,2,5-6H2,(H2,17,18). The van der Waals surface area contributed by atoms with E-state index >= 15 is 0 Å². The van der Waals surface area contributed by atoms with Crippen molar-refractivity contribution in [2.24, 2.45) is 11.8 Å². The summed E-state index contributed by atoms with van der Waals surface area (Å²) in [6.07, 6.45) is 3.84. The molecule has 0 saturated heterocycles. The third-order valence-corrected chi connectivity index (χ3v) is 4.57. The van der Waals surface area contributed by atoms with Crippen molar-refractivity contribution in [2.45, 2.75) is 25.2 Å². The Bertz CT molecular complexity index is 627. The summed E-state index contributed by atoms with van der Waals surface area (Å²) in [4.78, 5) is 0. The molecule has 1 aromatic heterocycles. The molecule has 0 aliphatic heterocycles. The van der Waals surface area contributed by atoms with Gasteiger partial charge in [-0.1, -0.05) is 23.7 Å². The summed E-state index contributed by atoms with van der Waals surface area (Å²) in [7, 11) is 0. The number of nitrogen functional groups attached to an aromatic ring is 1. The van der Waals surface area contributed by atoms with Gasteiger partial charge in [-0.2, -0.15) is 0 Å². The fourth-order valence-electron chi connectivity index (χ4n) is 3.69.